The summed E-state index contributed by atoms with van der Waals surface area (Å²) in [7, 11) is 1.60. The van der Waals surface area contributed by atoms with Crippen LogP contribution in [0.15, 0.2) is 66.7 Å². The molecule has 1 saturated heterocycles. The third kappa shape index (κ3) is 4.71. The maximum atomic E-state index is 13.1. The molecule has 180 valence electrons. The van der Waals surface area contributed by atoms with Crippen molar-refractivity contribution in [2.75, 3.05) is 25.2 Å². The van der Waals surface area contributed by atoms with Crippen LogP contribution in [0, 0.1) is 0 Å². The molecule has 1 amide bonds. The number of aryl methyl sites for hydroxylation is 1. The fourth-order valence-electron chi connectivity index (χ4n) is 4.70. The molecule has 1 aromatic heterocycles. The summed E-state index contributed by atoms with van der Waals surface area (Å²) in [6, 6.07) is 21.6. The Morgan fingerprint density at radius 2 is 1.89 bits per heavy atom. The molecule has 3 aromatic carbocycles. The van der Waals surface area contributed by atoms with Gasteiger partial charge < -0.3 is 18.9 Å². The zero-order chi connectivity index (χ0) is 24.4. The number of rotatable bonds is 8. The van der Waals surface area contributed by atoms with Crippen molar-refractivity contribution in [1.82, 2.24) is 9.55 Å². The first-order chi connectivity index (χ1) is 17.1. The smallest absolute Gasteiger partial charge is 0.227 e. The molecule has 2 heterocycles. The number of amides is 1. The second-order valence-corrected chi connectivity index (χ2v) is 9.11. The number of anilines is 1. The lowest BCUT2D eigenvalue weighted by Gasteiger charge is -2.20. The quantitative estimate of drug-likeness (QED) is 0.311. The molecule has 0 aliphatic carbocycles. The number of hydrogen-bond acceptors (Lipinski definition) is 4. The maximum absolute atomic E-state index is 13.1. The fraction of sp³-hybridized carbons (Fsp3) is 0.286. The number of fused-ring (bicyclic) bond motifs is 1. The van der Waals surface area contributed by atoms with Crippen LogP contribution in [-0.2, 0) is 17.8 Å². The molecule has 0 bridgehead atoms. The third-order valence-corrected chi connectivity index (χ3v) is 6.76. The van der Waals surface area contributed by atoms with E-state index in [1.54, 1.807) is 30.2 Å². The van der Waals surface area contributed by atoms with E-state index in [9.17, 15) is 4.79 Å². The molecule has 0 unspecified atom stereocenters. The lowest BCUT2D eigenvalue weighted by molar-refractivity contribution is -0.117. The lowest BCUT2D eigenvalue weighted by Crippen LogP contribution is -2.25. The Hall–Kier alpha value is -3.51. The summed E-state index contributed by atoms with van der Waals surface area (Å²) >= 11 is 6.23. The van der Waals surface area contributed by atoms with Crippen LogP contribution in [0.4, 0.5) is 5.69 Å². The van der Waals surface area contributed by atoms with Gasteiger partial charge in [0.2, 0.25) is 5.91 Å². The van der Waals surface area contributed by atoms with Gasteiger partial charge in [-0.05, 0) is 54.4 Å². The minimum Gasteiger partial charge on any atom is -0.495 e. The number of aromatic nitrogens is 2. The van der Waals surface area contributed by atoms with Gasteiger partial charge in [-0.25, -0.2) is 4.98 Å². The van der Waals surface area contributed by atoms with Crippen molar-refractivity contribution in [3.63, 3.8) is 0 Å². The Labute approximate surface area is 210 Å². The number of carbonyl (C=O) groups is 1. The SMILES string of the molecule is CCc1ccc(OCCn2c([C@@H]3CC(=O)N(c4cc(Cl)ccc4OC)C3)nc3ccccc32)cc1. The molecule has 1 atom stereocenters. The van der Waals surface area contributed by atoms with Crippen molar-refractivity contribution in [2.24, 2.45) is 0 Å². The topological polar surface area (TPSA) is 56.6 Å². The molecule has 0 radical (unpaired) electrons. The molecule has 5 rings (SSSR count). The molecule has 6 nitrogen and oxygen atoms in total. The Kier molecular flexibility index (Phi) is 6.64. The molecular weight excluding hydrogens is 462 g/mol. The molecule has 1 aliphatic heterocycles. The molecule has 0 N–H and O–H groups in total. The van der Waals surface area contributed by atoms with E-state index in [1.807, 2.05) is 30.3 Å². The highest BCUT2D eigenvalue weighted by Crippen LogP contribution is 2.38. The zero-order valence-corrected chi connectivity index (χ0v) is 20.7. The highest BCUT2D eigenvalue weighted by molar-refractivity contribution is 6.31. The summed E-state index contributed by atoms with van der Waals surface area (Å²) in [5, 5.41) is 0.563. The van der Waals surface area contributed by atoms with Crippen molar-refractivity contribution in [1.29, 1.82) is 0 Å². The van der Waals surface area contributed by atoms with Gasteiger partial charge in [-0.2, -0.15) is 0 Å². The predicted molar refractivity (Wildman–Crippen MR) is 139 cm³/mol. The van der Waals surface area contributed by atoms with E-state index in [0.717, 1.165) is 29.0 Å². The summed E-state index contributed by atoms with van der Waals surface area (Å²) in [6.45, 7) is 3.79. The highest BCUT2D eigenvalue weighted by atomic mass is 35.5. The van der Waals surface area contributed by atoms with E-state index in [2.05, 4.69) is 29.7 Å². The van der Waals surface area contributed by atoms with Gasteiger partial charge in [0.25, 0.3) is 0 Å². The Balaban J connectivity index is 1.40. The fourth-order valence-corrected chi connectivity index (χ4v) is 4.87. The van der Waals surface area contributed by atoms with Crippen LogP contribution in [-0.4, -0.2) is 35.7 Å². The molecule has 1 aliphatic rings. The van der Waals surface area contributed by atoms with Crippen LogP contribution < -0.4 is 14.4 Å². The monoisotopic (exact) mass is 489 g/mol. The standard InChI is InChI=1S/C28H28ClN3O3/c1-3-19-8-11-22(12-9-19)35-15-14-31-24-7-5-4-6-23(24)30-28(31)20-16-27(33)32(18-20)25-17-21(29)10-13-26(25)34-2/h4-13,17,20H,3,14-16,18H2,1-2H3/t20-/m1/s1. The van der Waals surface area contributed by atoms with Gasteiger partial charge in [-0.3, -0.25) is 4.79 Å². The van der Waals surface area contributed by atoms with Crippen LogP contribution in [0.1, 0.15) is 30.7 Å². The van der Waals surface area contributed by atoms with Crippen molar-refractivity contribution in [3.05, 3.63) is 83.1 Å². The third-order valence-electron chi connectivity index (χ3n) is 6.52. The number of carbonyl (C=O) groups excluding carboxylic acids is 1. The lowest BCUT2D eigenvalue weighted by atomic mass is 10.1. The molecule has 4 aromatic rings. The number of halogens is 1. The number of nitrogens with zero attached hydrogens (tertiary/aromatic N) is 3. The second kappa shape index (κ2) is 10.0. The molecule has 1 fully saturated rings. The maximum Gasteiger partial charge on any atom is 0.227 e. The van der Waals surface area contributed by atoms with Crippen molar-refractivity contribution >= 4 is 34.2 Å². The molecule has 35 heavy (non-hydrogen) atoms. The van der Waals surface area contributed by atoms with Crippen LogP contribution in [0.25, 0.3) is 11.0 Å². The van der Waals surface area contributed by atoms with E-state index >= 15 is 0 Å². The Morgan fingerprint density at radius 1 is 1.09 bits per heavy atom. The van der Waals surface area contributed by atoms with Gasteiger partial charge in [0, 0.05) is 23.9 Å². The minimum atomic E-state index is -0.0533. The van der Waals surface area contributed by atoms with Gasteiger partial charge in [-0.15, -0.1) is 0 Å². The van der Waals surface area contributed by atoms with E-state index in [1.165, 1.54) is 5.56 Å². The highest BCUT2D eigenvalue weighted by Gasteiger charge is 2.36. The summed E-state index contributed by atoms with van der Waals surface area (Å²) < 4.78 is 13.7. The van der Waals surface area contributed by atoms with Crippen LogP contribution in [0.3, 0.4) is 0 Å². The Bertz CT molecular complexity index is 1350. The van der Waals surface area contributed by atoms with Crippen molar-refractivity contribution in [3.8, 4) is 11.5 Å². The molecule has 0 spiro atoms. The normalized spacial score (nSPS) is 15.7. The average molecular weight is 490 g/mol. The second-order valence-electron chi connectivity index (χ2n) is 8.68. The van der Waals surface area contributed by atoms with Gasteiger partial charge in [0.05, 0.1) is 30.4 Å². The number of hydrogen-bond donors (Lipinski definition) is 0. The molecule has 7 heteroatoms. The van der Waals surface area contributed by atoms with Gasteiger partial charge >= 0.3 is 0 Å². The predicted octanol–water partition coefficient (Wildman–Crippen LogP) is 5.86. The van der Waals surface area contributed by atoms with Gasteiger partial charge in [0.1, 0.15) is 23.9 Å². The number of methoxy groups -OCH3 is 1. The van der Waals surface area contributed by atoms with Gasteiger partial charge in [-0.1, -0.05) is 42.8 Å². The summed E-state index contributed by atoms with van der Waals surface area (Å²) in [5.41, 5.74) is 3.93. The van der Waals surface area contributed by atoms with Crippen LogP contribution in [0.5, 0.6) is 11.5 Å². The first-order valence-electron chi connectivity index (χ1n) is 11.9. The van der Waals surface area contributed by atoms with Crippen molar-refractivity contribution in [2.45, 2.75) is 32.2 Å². The number of benzene rings is 3. The number of imidazole rings is 1. The van der Waals surface area contributed by atoms with Crippen LogP contribution in [0.2, 0.25) is 5.02 Å². The summed E-state index contributed by atoms with van der Waals surface area (Å²) in [6.07, 6.45) is 1.38. The first kappa shape index (κ1) is 23.2. The summed E-state index contributed by atoms with van der Waals surface area (Å²) in [4.78, 5) is 19.8. The zero-order valence-electron chi connectivity index (χ0n) is 19.9. The average Bonchev–Trinajstić information content (AvgIpc) is 3.45. The van der Waals surface area contributed by atoms with Crippen LogP contribution >= 0.6 is 11.6 Å². The molecule has 0 saturated carbocycles. The number of para-hydroxylation sites is 2. The van der Waals surface area contributed by atoms with E-state index in [-0.39, 0.29) is 11.8 Å². The Morgan fingerprint density at radius 3 is 2.66 bits per heavy atom. The van der Waals surface area contributed by atoms with Crippen molar-refractivity contribution < 1.29 is 14.3 Å². The van der Waals surface area contributed by atoms with E-state index < -0.39 is 0 Å². The van der Waals surface area contributed by atoms with Gasteiger partial charge in [0.15, 0.2) is 0 Å². The minimum absolute atomic E-state index is 0.0291. The summed E-state index contributed by atoms with van der Waals surface area (Å²) in [5.74, 6) is 2.35. The largest absolute Gasteiger partial charge is 0.495 e. The number of ether oxygens (including phenoxy) is 2. The first-order valence-corrected chi connectivity index (χ1v) is 12.3. The van der Waals surface area contributed by atoms with E-state index in [4.69, 9.17) is 26.1 Å². The molecular formula is C28H28ClN3O3. The van der Waals surface area contributed by atoms with E-state index in [0.29, 0.717) is 42.6 Å².